The smallest absolute Gasteiger partial charge is 0.0771 e. The third-order valence-corrected chi connectivity index (χ3v) is 4.91. The van der Waals surface area contributed by atoms with Gasteiger partial charge in [0.2, 0.25) is 0 Å². The number of nitrogens with zero attached hydrogens (tertiary/aromatic N) is 1. The molecule has 0 spiro atoms. The highest BCUT2D eigenvalue weighted by Gasteiger charge is 2.30. The van der Waals surface area contributed by atoms with Gasteiger partial charge in [0.05, 0.1) is 17.6 Å². The highest BCUT2D eigenvalue weighted by atomic mass is 16.3. The zero-order chi connectivity index (χ0) is 13.6. The molecule has 2 fully saturated rings. The quantitative estimate of drug-likeness (QED) is 0.770. The first-order valence-corrected chi connectivity index (χ1v) is 8.09. The van der Waals surface area contributed by atoms with Gasteiger partial charge < -0.3 is 10.4 Å². The lowest BCUT2D eigenvalue weighted by atomic mass is 9.91. The molecule has 3 heteroatoms. The minimum absolute atomic E-state index is 0.136. The van der Waals surface area contributed by atoms with Crippen molar-refractivity contribution < 1.29 is 5.11 Å². The predicted octanol–water partition coefficient (Wildman–Crippen LogP) is 3.13. The van der Waals surface area contributed by atoms with Crippen molar-refractivity contribution in [2.75, 3.05) is 6.54 Å². The SMILES string of the molecule is N#CC1CCCCCC1NCC1(O)CCCCCC1. The van der Waals surface area contributed by atoms with E-state index in [2.05, 4.69) is 11.4 Å². The summed E-state index contributed by atoms with van der Waals surface area (Å²) in [6.45, 7) is 0.676. The van der Waals surface area contributed by atoms with Crippen molar-refractivity contribution in [3.05, 3.63) is 0 Å². The summed E-state index contributed by atoms with van der Waals surface area (Å²) in [6, 6.07) is 2.75. The van der Waals surface area contributed by atoms with E-state index >= 15 is 0 Å². The van der Waals surface area contributed by atoms with Crippen LogP contribution in [0.4, 0.5) is 0 Å². The van der Waals surface area contributed by atoms with Crippen LogP contribution in [0.25, 0.3) is 0 Å². The largest absolute Gasteiger partial charge is 0.389 e. The van der Waals surface area contributed by atoms with Crippen LogP contribution in [0.5, 0.6) is 0 Å². The van der Waals surface area contributed by atoms with Gasteiger partial charge in [0, 0.05) is 12.6 Å². The fourth-order valence-electron chi connectivity index (χ4n) is 3.59. The summed E-state index contributed by atoms with van der Waals surface area (Å²) in [4.78, 5) is 0. The number of nitrogens with one attached hydrogen (secondary N) is 1. The van der Waals surface area contributed by atoms with E-state index in [4.69, 9.17) is 0 Å². The Kier molecular flexibility index (Phi) is 5.66. The molecule has 2 aliphatic rings. The summed E-state index contributed by atoms with van der Waals surface area (Å²) in [5, 5.41) is 23.5. The predicted molar refractivity (Wildman–Crippen MR) is 76.6 cm³/mol. The van der Waals surface area contributed by atoms with Gasteiger partial charge in [-0.2, -0.15) is 5.26 Å². The molecule has 2 saturated carbocycles. The summed E-state index contributed by atoms with van der Waals surface area (Å²) in [5.74, 6) is 0.136. The Bertz CT molecular complexity index is 302. The maximum absolute atomic E-state index is 10.7. The normalized spacial score (nSPS) is 32.0. The Morgan fingerprint density at radius 1 is 1.00 bits per heavy atom. The minimum atomic E-state index is -0.525. The zero-order valence-corrected chi connectivity index (χ0v) is 12.0. The number of rotatable bonds is 3. The standard InChI is InChI=1S/C16H28N2O/c17-12-14-8-4-3-5-9-15(14)18-13-16(19)10-6-1-2-7-11-16/h14-15,18-19H,1-11,13H2. The van der Waals surface area contributed by atoms with E-state index in [9.17, 15) is 10.4 Å². The van der Waals surface area contributed by atoms with Crippen LogP contribution >= 0.6 is 0 Å². The first-order valence-electron chi connectivity index (χ1n) is 8.09. The fraction of sp³-hybridized carbons (Fsp3) is 0.938. The molecule has 0 aliphatic heterocycles. The van der Waals surface area contributed by atoms with Gasteiger partial charge in [-0.05, 0) is 25.7 Å². The van der Waals surface area contributed by atoms with E-state index in [1.807, 2.05) is 0 Å². The van der Waals surface area contributed by atoms with Gasteiger partial charge >= 0.3 is 0 Å². The van der Waals surface area contributed by atoms with Crippen molar-refractivity contribution in [2.24, 2.45) is 5.92 Å². The van der Waals surface area contributed by atoms with Crippen molar-refractivity contribution in [1.29, 1.82) is 5.26 Å². The van der Waals surface area contributed by atoms with Crippen LogP contribution in [0.2, 0.25) is 0 Å². The molecule has 0 heterocycles. The Hall–Kier alpha value is -0.590. The van der Waals surface area contributed by atoms with Gasteiger partial charge in [0.25, 0.3) is 0 Å². The van der Waals surface area contributed by atoms with E-state index in [0.717, 1.165) is 38.5 Å². The van der Waals surface area contributed by atoms with Crippen molar-refractivity contribution in [1.82, 2.24) is 5.32 Å². The second kappa shape index (κ2) is 7.26. The number of aliphatic hydroxyl groups is 1. The van der Waals surface area contributed by atoms with Gasteiger partial charge in [0.1, 0.15) is 0 Å². The van der Waals surface area contributed by atoms with Gasteiger partial charge in [0.15, 0.2) is 0 Å². The molecule has 2 rings (SSSR count). The average Bonchev–Trinajstić information content (AvgIpc) is 2.77. The number of hydrogen-bond donors (Lipinski definition) is 2. The third kappa shape index (κ3) is 4.47. The van der Waals surface area contributed by atoms with Crippen LogP contribution in [-0.2, 0) is 0 Å². The van der Waals surface area contributed by atoms with Crippen LogP contribution in [0.1, 0.15) is 70.6 Å². The Balaban J connectivity index is 1.86. The summed E-state index contributed by atoms with van der Waals surface area (Å²) in [7, 11) is 0. The van der Waals surface area contributed by atoms with Gasteiger partial charge in [-0.1, -0.05) is 44.9 Å². The van der Waals surface area contributed by atoms with E-state index < -0.39 is 5.60 Å². The molecule has 108 valence electrons. The highest BCUT2D eigenvalue weighted by Crippen LogP contribution is 2.28. The van der Waals surface area contributed by atoms with Crippen molar-refractivity contribution in [3.63, 3.8) is 0 Å². The number of nitriles is 1. The molecular weight excluding hydrogens is 236 g/mol. The Labute approximate surface area is 117 Å². The molecule has 2 aliphatic carbocycles. The van der Waals surface area contributed by atoms with Crippen molar-refractivity contribution >= 4 is 0 Å². The number of hydrogen-bond acceptors (Lipinski definition) is 3. The molecule has 0 amide bonds. The van der Waals surface area contributed by atoms with Crippen LogP contribution in [0, 0.1) is 17.2 Å². The Morgan fingerprint density at radius 3 is 2.32 bits per heavy atom. The summed E-state index contributed by atoms with van der Waals surface area (Å²) < 4.78 is 0. The first kappa shape index (κ1) is 14.8. The van der Waals surface area contributed by atoms with Crippen LogP contribution < -0.4 is 5.32 Å². The van der Waals surface area contributed by atoms with Crippen molar-refractivity contribution in [3.8, 4) is 6.07 Å². The van der Waals surface area contributed by atoms with Crippen LogP contribution in [-0.4, -0.2) is 23.3 Å². The molecule has 2 atom stereocenters. The molecule has 19 heavy (non-hydrogen) atoms. The molecule has 0 aromatic heterocycles. The molecule has 0 radical (unpaired) electrons. The third-order valence-electron chi connectivity index (χ3n) is 4.91. The van der Waals surface area contributed by atoms with E-state index in [1.54, 1.807) is 0 Å². The zero-order valence-electron chi connectivity index (χ0n) is 12.0. The topological polar surface area (TPSA) is 56.0 Å². The second-order valence-electron chi connectivity index (χ2n) is 6.50. The molecular formula is C16H28N2O. The maximum Gasteiger partial charge on any atom is 0.0771 e. The molecule has 2 N–H and O–H groups in total. The van der Waals surface area contributed by atoms with Gasteiger partial charge in [-0.25, -0.2) is 0 Å². The lowest BCUT2D eigenvalue weighted by Gasteiger charge is -2.30. The van der Waals surface area contributed by atoms with Gasteiger partial charge in [-0.15, -0.1) is 0 Å². The highest BCUT2D eigenvalue weighted by molar-refractivity contribution is 4.95. The molecule has 3 nitrogen and oxygen atoms in total. The first-order chi connectivity index (χ1) is 9.23. The van der Waals surface area contributed by atoms with E-state index in [0.29, 0.717) is 12.6 Å². The van der Waals surface area contributed by atoms with Crippen LogP contribution in [0.3, 0.4) is 0 Å². The summed E-state index contributed by atoms with van der Waals surface area (Å²) in [6.07, 6.45) is 12.4. The summed E-state index contributed by atoms with van der Waals surface area (Å²) in [5.41, 5.74) is -0.525. The minimum Gasteiger partial charge on any atom is -0.389 e. The maximum atomic E-state index is 10.7. The fourth-order valence-corrected chi connectivity index (χ4v) is 3.59. The molecule has 2 unspecified atom stereocenters. The molecule has 0 aromatic carbocycles. The molecule has 0 saturated heterocycles. The van der Waals surface area contributed by atoms with Crippen molar-refractivity contribution in [2.45, 2.75) is 82.3 Å². The monoisotopic (exact) mass is 264 g/mol. The average molecular weight is 264 g/mol. The second-order valence-corrected chi connectivity index (χ2v) is 6.50. The van der Waals surface area contributed by atoms with Gasteiger partial charge in [-0.3, -0.25) is 0 Å². The molecule has 0 aromatic rings. The Morgan fingerprint density at radius 2 is 1.63 bits per heavy atom. The lowest BCUT2D eigenvalue weighted by molar-refractivity contribution is 0.0213. The lowest BCUT2D eigenvalue weighted by Crippen LogP contribution is -2.46. The van der Waals surface area contributed by atoms with Crippen LogP contribution in [0.15, 0.2) is 0 Å². The molecule has 0 bridgehead atoms. The van der Waals surface area contributed by atoms with E-state index in [1.165, 1.54) is 32.1 Å². The summed E-state index contributed by atoms with van der Waals surface area (Å²) >= 11 is 0. The van der Waals surface area contributed by atoms with E-state index in [-0.39, 0.29) is 5.92 Å².